The van der Waals surface area contributed by atoms with Crippen LogP contribution in [0.1, 0.15) is 12.0 Å². The molecule has 1 aromatic carbocycles. The van der Waals surface area contributed by atoms with E-state index in [4.69, 9.17) is 0 Å². The van der Waals surface area contributed by atoms with E-state index in [0.717, 1.165) is 11.1 Å². The molecule has 0 N–H and O–H groups in total. The minimum Gasteiger partial charge on any atom is -0.207 e. The van der Waals surface area contributed by atoms with Gasteiger partial charge in [-0.15, -0.1) is 0 Å². The molecule has 71 valence electrons. The summed E-state index contributed by atoms with van der Waals surface area (Å²) in [4.78, 5) is 0. The van der Waals surface area contributed by atoms with Gasteiger partial charge in [0.05, 0.1) is 0 Å². The van der Waals surface area contributed by atoms with Crippen molar-refractivity contribution in [2.24, 2.45) is 0 Å². The molecular formula is C12H9F2. The first-order valence-corrected chi connectivity index (χ1v) is 4.42. The summed E-state index contributed by atoms with van der Waals surface area (Å²) in [6.45, 7) is 0. The maximum atomic E-state index is 12.9. The van der Waals surface area contributed by atoms with Crippen LogP contribution in [0.2, 0.25) is 0 Å². The second-order valence-corrected chi connectivity index (χ2v) is 3.14. The summed E-state index contributed by atoms with van der Waals surface area (Å²) in [6, 6.07) is 6.05. The topological polar surface area (TPSA) is 0 Å². The van der Waals surface area contributed by atoms with E-state index in [1.54, 1.807) is 12.1 Å². The lowest BCUT2D eigenvalue weighted by atomic mass is 9.97. The summed E-state index contributed by atoms with van der Waals surface area (Å²) >= 11 is 0. The molecule has 2 rings (SSSR count). The van der Waals surface area contributed by atoms with E-state index in [1.165, 1.54) is 24.3 Å². The van der Waals surface area contributed by atoms with Gasteiger partial charge in [0, 0.05) is 0 Å². The molecule has 0 atom stereocenters. The Kier molecular flexibility index (Phi) is 2.44. The summed E-state index contributed by atoms with van der Waals surface area (Å²) in [5.41, 5.74) is 1.65. The fourth-order valence-corrected chi connectivity index (χ4v) is 1.41. The Labute approximate surface area is 81.6 Å². The third-order valence-electron chi connectivity index (χ3n) is 2.12. The van der Waals surface area contributed by atoms with Gasteiger partial charge in [-0.05, 0) is 48.3 Å². The van der Waals surface area contributed by atoms with Crippen LogP contribution < -0.4 is 0 Å². The molecule has 1 aliphatic carbocycles. The molecule has 1 aliphatic rings. The predicted molar refractivity (Wildman–Crippen MR) is 52.5 cm³/mol. The number of hydrogen-bond donors (Lipinski definition) is 0. The number of rotatable bonds is 1. The lowest BCUT2D eigenvalue weighted by molar-refractivity contribution is 0.627. The molecule has 1 aromatic rings. The van der Waals surface area contributed by atoms with Gasteiger partial charge in [0.25, 0.3) is 0 Å². The van der Waals surface area contributed by atoms with Gasteiger partial charge in [0.15, 0.2) is 0 Å². The average Bonchev–Trinajstić information content (AvgIpc) is 2.19. The largest absolute Gasteiger partial charge is 0.207 e. The molecule has 0 heterocycles. The van der Waals surface area contributed by atoms with Crippen molar-refractivity contribution in [2.75, 3.05) is 0 Å². The quantitative estimate of drug-likeness (QED) is 0.635. The first kappa shape index (κ1) is 9.13. The molecule has 0 saturated carbocycles. The van der Waals surface area contributed by atoms with Crippen molar-refractivity contribution in [3.63, 3.8) is 0 Å². The van der Waals surface area contributed by atoms with Crippen molar-refractivity contribution < 1.29 is 8.78 Å². The van der Waals surface area contributed by atoms with Crippen molar-refractivity contribution in [3.05, 3.63) is 60.0 Å². The molecule has 2 heteroatoms. The van der Waals surface area contributed by atoms with Crippen molar-refractivity contribution in [1.82, 2.24) is 0 Å². The summed E-state index contributed by atoms with van der Waals surface area (Å²) in [6.07, 6.45) is 5.47. The Morgan fingerprint density at radius 1 is 1.00 bits per heavy atom. The number of halogens is 2. The van der Waals surface area contributed by atoms with E-state index in [9.17, 15) is 8.78 Å². The van der Waals surface area contributed by atoms with Crippen molar-refractivity contribution >= 4 is 5.57 Å². The average molecular weight is 191 g/mol. The predicted octanol–water partition coefficient (Wildman–Crippen LogP) is 3.67. The molecule has 0 unspecified atom stereocenters. The molecule has 1 radical (unpaired) electrons. The smallest absolute Gasteiger partial charge is 0.123 e. The van der Waals surface area contributed by atoms with Crippen molar-refractivity contribution in [3.8, 4) is 0 Å². The second kappa shape index (κ2) is 3.74. The van der Waals surface area contributed by atoms with Crippen LogP contribution in [0.5, 0.6) is 0 Å². The van der Waals surface area contributed by atoms with Gasteiger partial charge < -0.3 is 0 Å². The van der Waals surface area contributed by atoms with Crippen molar-refractivity contribution in [2.45, 2.75) is 6.42 Å². The molecule has 0 fully saturated rings. The minimum atomic E-state index is -0.277. The van der Waals surface area contributed by atoms with Crippen LogP contribution in [-0.2, 0) is 0 Å². The monoisotopic (exact) mass is 191 g/mol. The Bertz CT molecular complexity index is 385. The van der Waals surface area contributed by atoms with E-state index < -0.39 is 0 Å². The van der Waals surface area contributed by atoms with E-state index in [1.807, 2.05) is 6.42 Å². The molecule has 0 amide bonds. The Hall–Kier alpha value is -1.44. The van der Waals surface area contributed by atoms with Crippen LogP contribution in [-0.4, -0.2) is 0 Å². The summed E-state index contributed by atoms with van der Waals surface area (Å²) < 4.78 is 25.5. The normalized spacial score (nSPS) is 16.1. The molecular weight excluding hydrogens is 182 g/mol. The van der Waals surface area contributed by atoms with E-state index >= 15 is 0 Å². The Morgan fingerprint density at radius 2 is 1.71 bits per heavy atom. The third kappa shape index (κ3) is 1.90. The van der Waals surface area contributed by atoms with Crippen LogP contribution in [0, 0.1) is 12.2 Å². The standard InChI is InChI=1S/C12H9F2/c13-11-6-4-9(5-7-11)10-2-1-3-12(14)8-10/h2-8H,1H2. The zero-order valence-electron chi connectivity index (χ0n) is 7.50. The Morgan fingerprint density at radius 3 is 2.36 bits per heavy atom. The third-order valence-corrected chi connectivity index (χ3v) is 2.12. The van der Waals surface area contributed by atoms with Crippen LogP contribution >= 0.6 is 0 Å². The van der Waals surface area contributed by atoms with Gasteiger partial charge in [-0.25, -0.2) is 8.78 Å². The SMILES string of the molecule is FC1=CC[CH]C(c2ccc(F)cc2)=C1. The maximum absolute atomic E-state index is 12.9. The van der Waals surface area contributed by atoms with Crippen LogP contribution in [0.4, 0.5) is 8.78 Å². The van der Waals surface area contributed by atoms with Gasteiger partial charge in [-0.2, -0.15) is 0 Å². The first-order chi connectivity index (χ1) is 6.75. The summed E-state index contributed by atoms with van der Waals surface area (Å²) in [5.74, 6) is -0.506. The van der Waals surface area contributed by atoms with Gasteiger partial charge in [-0.3, -0.25) is 0 Å². The number of allylic oxidation sites excluding steroid dienone is 4. The first-order valence-electron chi connectivity index (χ1n) is 4.42. The summed E-state index contributed by atoms with van der Waals surface area (Å²) in [7, 11) is 0. The number of benzene rings is 1. The van der Waals surface area contributed by atoms with Gasteiger partial charge >= 0.3 is 0 Å². The zero-order chi connectivity index (χ0) is 9.97. The zero-order valence-corrected chi connectivity index (χ0v) is 7.50. The molecule has 0 nitrogen and oxygen atoms in total. The molecule has 0 bridgehead atoms. The van der Waals surface area contributed by atoms with Crippen LogP contribution in [0.25, 0.3) is 5.57 Å². The number of hydrogen-bond acceptors (Lipinski definition) is 0. The fourth-order valence-electron chi connectivity index (χ4n) is 1.41. The van der Waals surface area contributed by atoms with E-state index in [0.29, 0.717) is 6.42 Å². The van der Waals surface area contributed by atoms with Gasteiger partial charge in [-0.1, -0.05) is 12.1 Å². The van der Waals surface area contributed by atoms with E-state index in [2.05, 4.69) is 0 Å². The lowest BCUT2D eigenvalue weighted by Crippen LogP contribution is -1.91. The van der Waals surface area contributed by atoms with Crippen molar-refractivity contribution in [1.29, 1.82) is 0 Å². The molecule has 0 spiro atoms. The minimum absolute atomic E-state index is 0.230. The molecule has 0 aromatic heterocycles. The highest BCUT2D eigenvalue weighted by Gasteiger charge is 2.07. The highest BCUT2D eigenvalue weighted by molar-refractivity contribution is 5.74. The van der Waals surface area contributed by atoms with E-state index in [-0.39, 0.29) is 11.6 Å². The van der Waals surface area contributed by atoms with Crippen LogP contribution in [0.3, 0.4) is 0 Å². The van der Waals surface area contributed by atoms with Gasteiger partial charge in [0.1, 0.15) is 11.6 Å². The second-order valence-electron chi connectivity index (χ2n) is 3.14. The fraction of sp³-hybridized carbons (Fsp3) is 0.0833. The summed E-state index contributed by atoms with van der Waals surface area (Å²) in [5, 5.41) is 0. The molecule has 0 aliphatic heterocycles. The Balaban J connectivity index is 2.31. The maximum Gasteiger partial charge on any atom is 0.123 e. The highest BCUT2D eigenvalue weighted by atomic mass is 19.1. The molecule has 14 heavy (non-hydrogen) atoms. The molecule has 0 saturated heterocycles. The van der Waals surface area contributed by atoms with Crippen LogP contribution in [0.15, 0.2) is 42.2 Å². The highest BCUT2D eigenvalue weighted by Crippen LogP contribution is 2.25. The van der Waals surface area contributed by atoms with Gasteiger partial charge in [0.2, 0.25) is 0 Å². The lowest BCUT2D eigenvalue weighted by Gasteiger charge is -2.09.